The Morgan fingerprint density at radius 1 is 0.900 bits per heavy atom. The largest absolute Gasteiger partial charge is 0.352 e. The zero-order valence-corrected chi connectivity index (χ0v) is 24.6. The van der Waals surface area contributed by atoms with E-state index in [1.54, 1.807) is 48.5 Å². The number of hydrogen-bond donors (Lipinski definition) is 1. The summed E-state index contributed by atoms with van der Waals surface area (Å²) >= 11 is 12.4. The van der Waals surface area contributed by atoms with Crippen LogP contribution in [0.2, 0.25) is 10.0 Å². The zero-order valence-electron chi connectivity index (χ0n) is 22.3. The SMILES string of the molecule is CS(=O)(=O)N(CC(=O)N(Cc1ccc(Cl)cc1)[C@@H](Cc1ccccc1)C(=O)NC1CCCC1)c1ccccc1Cl. The maximum atomic E-state index is 14.1. The van der Waals surface area contributed by atoms with Crippen molar-refractivity contribution in [1.82, 2.24) is 10.2 Å². The molecule has 1 saturated carbocycles. The average Bonchev–Trinajstić information content (AvgIpc) is 3.43. The molecule has 0 radical (unpaired) electrons. The molecule has 4 rings (SSSR count). The highest BCUT2D eigenvalue weighted by atomic mass is 35.5. The average molecular weight is 603 g/mol. The minimum absolute atomic E-state index is 0.0499. The van der Waals surface area contributed by atoms with Gasteiger partial charge in [0, 0.05) is 24.0 Å². The van der Waals surface area contributed by atoms with Crippen LogP contribution in [0.3, 0.4) is 0 Å². The number of anilines is 1. The number of para-hydroxylation sites is 1. The highest BCUT2D eigenvalue weighted by Crippen LogP contribution is 2.28. The third-order valence-electron chi connectivity index (χ3n) is 7.04. The topological polar surface area (TPSA) is 86.8 Å². The summed E-state index contributed by atoms with van der Waals surface area (Å²) in [6.45, 7) is -0.427. The van der Waals surface area contributed by atoms with Gasteiger partial charge in [-0.05, 0) is 48.2 Å². The van der Waals surface area contributed by atoms with E-state index < -0.39 is 28.5 Å². The van der Waals surface area contributed by atoms with Crippen molar-refractivity contribution in [2.45, 2.75) is 50.7 Å². The maximum absolute atomic E-state index is 14.1. The van der Waals surface area contributed by atoms with Crippen molar-refractivity contribution in [2.75, 3.05) is 17.1 Å². The van der Waals surface area contributed by atoms with Gasteiger partial charge in [0.25, 0.3) is 0 Å². The monoisotopic (exact) mass is 601 g/mol. The zero-order chi connectivity index (χ0) is 28.7. The van der Waals surface area contributed by atoms with Crippen LogP contribution < -0.4 is 9.62 Å². The van der Waals surface area contributed by atoms with Crippen molar-refractivity contribution in [3.63, 3.8) is 0 Å². The number of nitrogens with one attached hydrogen (secondary N) is 1. The van der Waals surface area contributed by atoms with Gasteiger partial charge in [0.2, 0.25) is 21.8 Å². The minimum Gasteiger partial charge on any atom is -0.352 e. The standard InChI is InChI=1S/C30H33Cl2N3O4S/c1-40(38,39)35(27-14-8-7-13-26(27)32)21-29(36)34(20-23-15-17-24(31)18-16-23)28(19-22-9-3-2-4-10-22)30(37)33-25-11-5-6-12-25/h2-4,7-10,13-18,25,28H,5-6,11-12,19-21H2,1H3,(H,33,37)/t28-/m0/s1. The lowest BCUT2D eigenvalue weighted by molar-refractivity contribution is -0.140. The number of carbonyl (C=O) groups excluding carboxylic acids is 2. The first-order valence-electron chi connectivity index (χ1n) is 13.2. The first-order chi connectivity index (χ1) is 19.1. The molecular weight excluding hydrogens is 569 g/mol. The van der Waals surface area contributed by atoms with Gasteiger partial charge in [0.1, 0.15) is 12.6 Å². The van der Waals surface area contributed by atoms with Crippen molar-refractivity contribution in [3.05, 3.63) is 100 Å². The lowest BCUT2D eigenvalue weighted by Gasteiger charge is -2.34. The van der Waals surface area contributed by atoms with Crippen LogP contribution in [-0.2, 0) is 32.6 Å². The Kier molecular flexibility index (Phi) is 10.1. The molecule has 40 heavy (non-hydrogen) atoms. The van der Waals surface area contributed by atoms with Crippen molar-refractivity contribution in [2.24, 2.45) is 0 Å². The fourth-order valence-electron chi connectivity index (χ4n) is 4.96. The van der Waals surface area contributed by atoms with Crippen LogP contribution in [0.25, 0.3) is 0 Å². The van der Waals surface area contributed by atoms with Gasteiger partial charge >= 0.3 is 0 Å². The molecule has 3 aromatic carbocycles. The van der Waals surface area contributed by atoms with E-state index in [2.05, 4.69) is 5.32 Å². The molecule has 3 aromatic rings. The number of amides is 2. The van der Waals surface area contributed by atoms with Gasteiger partial charge < -0.3 is 10.2 Å². The fourth-order valence-corrected chi connectivity index (χ4v) is 6.23. The first kappa shape index (κ1) is 29.9. The Morgan fingerprint density at radius 3 is 2.15 bits per heavy atom. The molecule has 1 fully saturated rings. The van der Waals surface area contributed by atoms with Crippen LogP contribution in [-0.4, -0.2) is 50.0 Å². The molecule has 212 valence electrons. The number of carbonyl (C=O) groups is 2. The maximum Gasteiger partial charge on any atom is 0.244 e. The molecular formula is C30H33Cl2N3O4S. The van der Waals surface area contributed by atoms with Gasteiger partial charge in [-0.1, -0.05) is 90.6 Å². The van der Waals surface area contributed by atoms with E-state index in [1.165, 1.54) is 4.90 Å². The molecule has 1 aliphatic rings. The van der Waals surface area contributed by atoms with Crippen molar-refractivity contribution in [1.29, 1.82) is 0 Å². The molecule has 7 nitrogen and oxygen atoms in total. The summed E-state index contributed by atoms with van der Waals surface area (Å²) in [5.41, 5.74) is 1.84. The van der Waals surface area contributed by atoms with Crippen molar-refractivity contribution >= 4 is 50.7 Å². The third-order valence-corrected chi connectivity index (χ3v) is 8.74. The molecule has 1 N–H and O–H groups in total. The molecule has 0 aromatic heterocycles. The fraction of sp³-hybridized carbons (Fsp3) is 0.333. The van der Waals surface area contributed by atoms with Crippen molar-refractivity contribution in [3.8, 4) is 0 Å². The summed E-state index contributed by atoms with van der Waals surface area (Å²) in [6, 6.07) is 22.1. The van der Waals surface area contributed by atoms with Gasteiger partial charge in [-0.25, -0.2) is 8.42 Å². The van der Waals surface area contributed by atoms with E-state index in [4.69, 9.17) is 23.2 Å². The molecule has 0 aliphatic heterocycles. The molecule has 0 bridgehead atoms. The van der Waals surface area contributed by atoms with Crippen LogP contribution in [0, 0.1) is 0 Å². The molecule has 0 heterocycles. The van der Waals surface area contributed by atoms with Gasteiger partial charge in [0.05, 0.1) is 17.0 Å². The van der Waals surface area contributed by atoms with Gasteiger partial charge in [-0.2, -0.15) is 0 Å². The Hall–Kier alpha value is -3.07. The normalized spacial score (nSPS) is 14.5. The van der Waals surface area contributed by atoms with E-state index in [9.17, 15) is 18.0 Å². The number of hydrogen-bond acceptors (Lipinski definition) is 4. The Labute approximate surface area is 246 Å². The molecule has 0 spiro atoms. The van der Waals surface area contributed by atoms with E-state index in [-0.39, 0.29) is 35.6 Å². The van der Waals surface area contributed by atoms with E-state index in [0.717, 1.165) is 47.4 Å². The van der Waals surface area contributed by atoms with Gasteiger partial charge in [0.15, 0.2) is 0 Å². The molecule has 0 unspecified atom stereocenters. The second-order valence-electron chi connectivity index (χ2n) is 10.1. The lowest BCUT2D eigenvalue weighted by atomic mass is 10.0. The summed E-state index contributed by atoms with van der Waals surface area (Å²) in [4.78, 5) is 29.4. The van der Waals surface area contributed by atoms with Crippen LogP contribution in [0.1, 0.15) is 36.8 Å². The summed E-state index contributed by atoms with van der Waals surface area (Å²) in [6.07, 6.45) is 5.17. The van der Waals surface area contributed by atoms with Gasteiger partial charge in [-0.15, -0.1) is 0 Å². The highest BCUT2D eigenvalue weighted by Gasteiger charge is 2.34. The molecule has 1 aliphatic carbocycles. The summed E-state index contributed by atoms with van der Waals surface area (Å²) in [5, 5.41) is 3.89. The Morgan fingerprint density at radius 2 is 1.52 bits per heavy atom. The lowest BCUT2D eigenvalue weighted by Crippen LogP contribution is -2.54. The Balaban J connectivity index is 1.72. The number of sulfonamides is 1. The number of benzene rings is 3. The van der Waals surface area contributed by atoms with Crippen LogP contribution in [0.15, 0.2) is 78.9 Å². The summed E-state index contributed by atoms with van der Waals surface area (Å²) in [7, 11) is -3.89. The smallest absolute Gasteiger partial charge is 0.244 e. The number of nitrogens with zero attached hydrogens (tertiary/aromatic N) is 2. The predicted octanol–water partition coefficient (Wildman–Crippen LogP) is 5.46. The first-order valence-corrected chi connectivity index (χ1v) is 15.8. The van der Waals surface area contributed by atoms with E-state index >= 15 is 0 Å². The summed E-state index contributed by atoms with van der Waals surface area (Å²) in [5.74, 6) is -0.787. The molecule has 2 amide bonds. The Bertz CT molecular complexity index is 1410. The number of halogens is 2. The second-order valence-corrected chi connectivity index (χ2v) is 12.8. The summed E-state index contributed by atoms with van der Waals surface area (Å²) < 4.78 is 26.7. The quantitative estimate of drug-likeness (QED) is 0.316. The van der Waals surface area contributed by atoms with Crippen LogP contribution in [0.4, 0.5) is 5.69 Å². The van der Waals surface area contributed by atoms with Crippen LogP contribution in [0.5, 0.6) is 0 Å². The highest BCUT2D eigenvalue weighted by molar-refractivity contribution is 7.92. The minimum atomic E-state index is -3.89. The van der Waals surface area contributed by atoms with Gasteiger partial charge in [-0.3, -0.25) is 13.9 Å². The predicted molar refractivity (Wildman–Crippen MR) is 160 cm³/mol. The molecule has 0 saturated heterocycles. The molecule has 1 atom stereocenters. The third kappa shape index (κ3) is 7.99. The number of rotatable bonds is 11. The van der Waals surface area contributed by atoms with E-state index in [1.807, 2.05) is 30.3 Å². The van der Waals surface area contributed by atoms with E-state index in [0.29, 0.717) is 5.02 Å². The molecule has 10 heteroatoms. The van der Waals surface area contributed by atoms with Crippen LogP contribution >= 0.6 is 23.2 Å². The van der Waals surface area contributed by atoms with Crippen molar-refractivity contribution < 1.29 is 18.0 Å². The second kappa shape index (κ2) is 13.5.